The summed E-state index contributed by atoms with van der Waals surface area (Å²) in [4.78, 5) is 0. The van der Waals surface area contributed by atoms with Gasteiger partial charge in [-0.25, -0.2) is 0 Å². The van der Waals surface area contributed by atoms with E-state index in [-0.39, 0.29) is 0 Å². The predicted octanol–water partition coefficient (Wildman–Crippen LogP) is 1.45. The molecule has 1 fully saturated rings. The summed E-state index contributed by atoms with van der Waals surface area (Å²) < 4.78 is 1.88. The molecule has 84 valence electrons. The van der Waals surface area contributed by atoms with Gasteiger partial charge in [-0.3, -0.25) is 4.68 Å². The molecule has 0 amide bonds. The molecule has 2 rings (SSSR count). The van der Waals surface area contributed by atoms with E-state index in [0.717, 1.165) is 19.0 Å². The zero-order valence-electron chi connectivity index (χ0n) is 9.39. The fraction of sp³-hybridized carbons (Fsp3) is 0.818. The van der Waals surface area contributed by atoms with Gasteiger partial charge in [0.05, 0.1) is 12.7 Å². The Morgan fingerprint density at radius 3 is 3.00 bits per heavy atom. The predicted molar refractivity (Wildman–Crippen MR) is 59.4 cm³/mol. The molecule has 2 unspecified atom stereocenters. The summed E-state index contributed by atoms with van der Waals surface area (Å²) in [6.07, 6.45) is 9.13. The van der Waals surface area contributed by atoms with Crippen LogP contribution in [-0.2, 0) is 6.54 Å². The van der Waals surface area contributed by atoms with Crippen molar-refractivity contribution in [2.45, 2.75) is 45.2 Å². The smallest absolute Gasteiger partial charge is 0.0692 e. The van der Waals surface area contributed by atoms with Gasteiger partial charge in [-0.1, -0.05) is 25.0 Å². The van der Waals surface area contributed by atoms with Gasteiger partial charge in [0.2, 0.25) is 0 Å². The van der Waals surface area contributed by atoms with Crippen molar-refractivity contribution in [3.8, 4) is 0 Å². The molecule has 0 saturated heterocycles. The second kappa shape index (κ2) is 5.26. The first kappa shape index (κ1) is 10.6. The molecule has 0 bridgehead atoms. The molecular formula is C11H20N4. The first-order valence-corrected chi connectivity index (χ1v) is 5.94. The SMILES string of the molecule is CC1CCCCC1NCCn1ccnn1. The molecule has 2 atom stereocenters. The van der Waals surface area contributed by atoms with E-state index in [1.807, 2.05) is 10.9 Å². The van der Waals surface area contributed by atoms with Crippen molar-refractivity contribution >= 4 is 0 Å². The Morgan fingerprint density at radius 2 is 2.27 bits per heavy atom. The molecule has 0 spiro atoms. The molecule has 0 aromatic carbocycles. The van der Waals surface area contributed by atoms with Crippen LogP contribution in [0.3, 0.4) is 0 Å². The molecule has 1 aromatic heterocycles. The van der Waals surface area contributed by atoms with Crippen LogP contribution < -0.4 is 5.32 Å². The van der Waals surface area contributed by atoms with Crippen LogP contribution in [0.5, 0.6) is 0 Å². The Morgan fingerprint density at radius 1 is 1.40 bits per heavy atom. The fourth-order valence-corrected chi connectivity index (χ4v) is 2.34. The van der Waals surface area contributed by atoms with Gasteiger partial charge in [-0.15, -0.1) is 5.10 Å². The van der Waals surface area contributed by atoms with E-state index in [1.54, 1.807) is 6.20 Å². The van der Waals surface area contributed by atoms with Crippen LogP contribution in [0.4, 0.5) is 0 Å². The van der Waals surface area contributed by atoms with E-state index < -0.39 is 0 Å². The summed E-state index contributed by atoms with van der Waals surface area (Å²) in [5.74, 6) is 0.828. The largest absolute Gasteiger partial charge is 0.312 e. The molecule has 15 heavy (non-hydrogen) atoms. The van der Waals surface area contributed by atoms with E-state index in [4.69, 9.17) is 0 Å². The van der Waals surface area contributed by atoms with Crippen molar-refractivity contribution in [2.75, 3.05) is 6.54 Å². The number of hydrogen-bond acceptors (Lipinski definition) is 3. The van der Waals surface area contributed by atoms with Crippen molar-refractivity contribution < 1.29 is 0 Å². The average molecular weight is 208 g/mol. The molecule has 4 heteroatoms. The Balaban J connectivity index is 1.68. The molecule has 1 N–H and O–H groups in total. The summed E-state index contributed by atoms with van der Waals surface area (Å²) in [6, 6.07) is 0.710. The second-order valence-corrected chi connectivity index (χ2v) is 4.49. The number of rotatable bonds is 4. The van der Waals surface area contributed by atoms with Crippen LogP contribution >= 0.6 is 0 Å². The lowest BCUT2D eigenvalue weighted by Gasteiger charge is -2.29. The van der Waals surface area contributed by atoms with E-state index in [0.29, 0.717) is 6.04 Å². The zero-order valence-corrected chi connectivity index (χ0v) is 9.39. The van der Waals surface area contributed by atoms with Crippen molar-refractivity contribution in [2.24, 2.45) is 5.92 Å². The van der Waals surface area contributed by atoms with Crippen molar-refractivity contribution in [3.05, 3.63) is 12.4 Å². The maximum atomic E-state index is 3.94. The van der Waals surface area contributed by atoms with Crippen molar-refractivity contribution in [1.29, 1.82) is 0 Å². The van der Waals surface area contributed by atoms with Gasteiger partial charge in [0, 0.05) is 18.8 Å². The Bertz CT molecular complexity index is 270. The number of nitrogens with zero attached hydrogens (tertiary/aromatic N) is 3. The number of aromatic nitrogens is 3. The minimum absolute atomic E-state index is 0.710. The minimum Gasteiger partial charge on any atom is -0.312 e. The van der Waals surface area contributed by atoms with Gasteiger partial charge in [-0.2, -0.15) is 0 Å². The third kappa shape index (κ3) is 3.02. The molecule has 1 saturated carbocycles. The Kier molecular flexibility index (Phi) is 3.72. The highest BCUT2D eigenvalue weighted by Crippen LogP contribution is 2.23. The van der Waals surface area contributed by atoms with E-state index in [1.165, 1.54) is 25.7 Å². The number of nitrogens with one attached hydrogen (secondary N) is 1. The second-order valence-electron chi connectivity index (χ2n) is 4.49. The van der Waals surface area contributed by atoms with Gasteiger partial charge in [0.15, 0.2) is 0 Å². The van der Waals surface area contributed by atoms with Gasteiger partial charge < -0.3 is 5.32 Å². The average Bonchev–Trinajstić information content (AvgIpc) is 2.74. The Hall–Kier alpha value is -0.900. The molecule has 0 radical (unpaired) electrons. The van der Waals surface area contributed by atoms with Crippen LogP contribution in [0.2, 0.25) is 0 Å². The molecular weight excluding hydrogens is 188 g/mol. The highest BCUT2D eigenvalue weighted by molar-refractivity contribution is 4.78. The molecule has 1 aromatic rings. The van der Waals surface area contributed by atoms with E-state index in [2.05, 4.69) is 22.6 Å². The standard InChI is InChI=1S/C11H20N4/c1-10-4-2-3-5-11(10)12-6-8-15-9-7-13-14-15/h7,9-12H,2-6,8H2,1H3. The first-order valence-electron chi connectivity index (χ1n) is 5.94. The lowest BCUT2D eigenvalue weighted by molar-refractivity contribution is 0.277. The third-order valence-electron chi connectivity index (χ3n) is 3.33. The lowest BCUT2D eigenvalue weighted by atomic mass is 9.86. The molecule has 1 heterocycles. The summed E-state index contributed by atoms with van der Waals surface area (Å²) in [5.41, 5.74) is 0. The normalized spacial score (nSPS) is 26.7. The van der Waals surface area contributed by atoms with Crippen LogP contribution in [0.25, 0.3) is 0 Å². The molecule has 0 aliphatic heterocycles. The van der Waals surface area contributed by atoms with Crippen LogP contribution in [0.15, 0.2) is 12.4 Å². The molecule has 1 aliphatic rings. The van der Waals surface area contributed by atoms with Crippen LogP contribution in [-0.4, -0.2) is 27.6 Å². The quantitative estimate of drug-likeness (QED) is 0.814. The summed E-state index contributed by atoms with van der Waals surface area (Å²) in [7, 11) is 0. The van der Waals surface area contributed by atoms with Gasteiger partial charge in [0.1, 0.15) is 0 Å². The topological polar surface area (TPSA) is 42.7 Å². The zero-order chi connectivity index (χ0) is 10.5. The number of hydrogen-bond donors (Lipinski definition) is 1. The van der Waals surface area contributed by atoms with Crippen molar-refractivity contribution in [1.82, 2.24) is 20.3 Å². The fourth-order valence-electron chi connectivity index (χ4n) is 2.34. The van der Waals surface area contributed by atoms with Gasteiger partial charge in [-0.05, 0) is 18.8 Å². The summed E-state index contributed by atoms with van der Waals surface area (Å²) >= 11 is 0. The lowest BCUT2D eigenvalue weighted by Crippen LogP contribution is -2.38. The maximum absolute atomic E-state index is 3.94. The van der Waals surface area contributed by atoms with Gasteiger partial charge in [0.25, 0.3) is 0 Å². The van der Waals surface area contributed by atoms with E-state index in [9.17, 15) is 0 Å². The van der Waals surface area contributed by atoms with Gasteiger partial charge >= 0.3 is 0 Å². The highest BCUT2D eigenvalue weighted by atomic mass is 15.4. The first-order chi connectivity index (χ1) is 7.36. The van der Waals surface area contributed by atoms with Crippen LogP contribution in [0, 0.1) is 5.92 Å². The molecule has 1 aliphatic carbocycles. The van der Waals surface area contributed by atoms with E-state index >= 15 is 0 Å². The third-order valence-corrected chi connectivity index (χ3v) is 3.33. The highest BCUT2D eigenvalue weighted by Gasteiger charge is 2.19. The molecule has 4 nitrogen and oxygen atoms in total. The van der Waals surface area contributed by atoms with Crippen LogP contribution in [0.1, 0.15) is 32.6 Å². The minimum atomic E-state index is 0.710. The summed E-state index contributed by atoms with van der Waals surface area (Å²) in [5, 5.41) is 11.4. The van der Waals surface area contributed by atoms with Crippen molar-refractivity contribution in [3.63, 3.8) is 0 Å². The maximum Gasteiger partial charge on any atom is 0.0692 e. The monoisotopic (exact) mass is 208 g/mol. The summed E-state index contributed by atoms with van der Waals surface area (Å²) in [6.45, 7) is 4.27. The Labute approximate surface area is 91.1 Å².